The maximum absolute atomic E-state index is 13.1. The van der Waals surface area contributed by atoms with Crippen LogP contribution in [-0.4, -0.2) is 30.2 Å². The molecule has 352 valence electrons. The van der Waals surface area contributed by atoms with Crippen LogP contribution in [0.15, 0.2) is 106 Å². The molecule has 0 bridgehead atoms. The first-order chi connectivity index (χ1) is 30.3. The van der Waals surface area contributed by atoms with E-state index in [0.29, 0.717) is 28.7 Å². The van der Waals surface area contributed by atoms with E-state index >= 15 is 0 Å². The lowest BCUT2D eigenvalue weighted by Crippen LogP contribution is -2.34. The Morgan fingerprint density at radius 1 is 0.547 bits per heavy atom. The monoisotopic (exact) mass is 878 g/mol. The zero-order valence-electron chi connectivity index (χ0n) is 42.1. The van der Waals surface area contributed by atoms with Crippen LogP contribution in [0.5, 0.6) is 11.5 Å². The van der Waals surface area contributed by atoms with E-state index in [1.807, 2.05) is 31.2 Å². The van der Waals surface area contributed by atoms with Crippen molar-refractivity contribution in [1.82, 2.24) is 5.32 Å². The number of amides is 1. The number of allylic oxidation sites excluding steroid dienone is 14. The van der Waals surface area contributed by atoms with Crippen LogP contribution in [0, 0.1) is 6.92 Å². The van der Waals surface area contributed by atoms with Crippen molar-refractivity contribution in [2.24, 2.45) is 0 Å². The summed E-state index contributed by atoms with van der Waals surface area (Å²) in [6, 6.07) is 7.49. The highest BCUT2D eigenvalue weighted by atomic mass is 16.6. The molecular weight excluding hydrogens is 795 g/mol. The SMILES string of the molecule is CCC(=O)Oc1c(CC=C(C)CCC=C(C)CCC=C(C)CCC=C(C)CCC=C(C)CCC=C(C)CCC=C(C)C)c(C)c(OC(=O)CCNC(=O)OC(C)(C)C)c2ccccc12. The summed E-state index contributed by atoms with van der Waals surface area (Å²) >= 11 is 0. The fourth-order valence-corrected chi connectivity index (χ4v) is 7.18. The number of carbonyl (C=O) groups is 3. The Morgan fingerprint density at radius 2 is 0.938 bits per heavy atom. The van der Waals surface area contributed by atoms with Crippen LogP contribution < -0.4 is 14.8 Å². The van der Waals surface area contributed by atoms with Gasteiger partial charge in [-0.3, -0.25) is 9.59 Å². The third-order valence-corrected chi connectivity index (χ3v) is 11.1. The van der Waals surface area contributed by atoms with Crippen molar-refractivity contribution in [2.45, 2.75) is 192 Å². The van der Waals surface area contributed by atoms with Gasteiger partial charge in [-0.05, 0) is 172 Å². The highest BCUT2D eigenvalue weighted by Crippen LogP contribution is 2.41. The van der Waals surface area contributed by atoms with Crippen molar-refractivity contribution in [2.75, 3.05) is 6.54 Å². The van der Waals surface area contributed by atoms with Crippen molar-refractivity contribution < 1.29 is 28.6 Å². The molecule has 0 saturated heterocycles. The zero-order chi connectivity index (χ0) is 47.7. The summed E-state index contributed by atoms with van der Waals surface area (Å²) in [5.41, 5.74) is 10.9. The normalized spacial score (nSPS) is 13.3. The van der Waals surface area contributed by atoms with Gasteiger partial charge < -0.3 is 19.5 Å². The quantitative estimate of drug-likeness (QED) is 0.0575. The summed E-state index contributed by atoms with van der Waals surface area (Å²) in [6.45, 7) is 26.8. The molecule has 0 aliphatic carbocycles. The number of carbonyl (C=O) groups excluding carboxylic acids is 3. The van der Waals surface area contributed by atoms with Gasteiger partial charge in [-0.2, -0.15) is 0 Å². The second-order valence-electron chi connectivity index (χ2n) is 18.8. The first-order valence-corrected chi connectivity index (χ1v) is 23.8. The van der Waals surface area contributed by atoms with Gasteiger partial charge in [-0.1, -0.05) is 113 Å². The highest BCUT2D eigenvalue weighted by molar-refractivity contribution is 5.98. The van der Waals surface area contributed by atoms with Crippen molar-refractivity contribution in [3.63, 3.8) is 0 Å². The minimum atomic E-state index is -0.641. The molecule has 64 heavy (non-hydrogen) atoms. The van der Waals surface area contributed by atoms with E-state index in [1.165, 1.54) is 39.0 Å². The second-order valence-corrected chi connectivity index (χ2v) is 18.8. The van der Waals surface area contributed by atoms with Gasteiger partial charge in [-0.25, -0.2) is 4.79 Å². The lowest BCUT2D eigenvalue weighted by atomic mass is 9.95. The first-order valence-electron chi connectivity index (χ1n) is 23.8. The average molecular weight is 878 g/mol. The van der Waals surface area contributed by atoms with Gasteiger partial charge in [0.1, 0.15) is 17.1 Å². The Morgan fingerprint density at radius 3 is 1.34 bits per heavy atom. The Hall–Kier alpha value is -4.91. The lowest BCUT2D eigenvalue weighted by molar-refractivity contribution is -0.135. The lowest BCUT2D eigenvalue weighted by Gasteiger charge is -2.20. The minimum Gasteiger partial charge on any atom is -0.444 e. The Balaban J connectivity index is 1.94. The molecule has 0 radical (unpaired) electrons. The molecule has 2 aromatic rings. The van der Waals surface area contributed by atoms with Crippen molar-refractivity contribution in [1.29, 1.82) is 0 Å². The number of alkyl carbamates (subject to hydrolysis) is 1. The Bertz CT molecular complexity index is 2060. The molecule has 0 spiro atoms. The van der Waals surface area contributed by atoms with Crippen LogP contribution in [0.1, 0.15) is 184 Å². The zero-order valence-corrected chi connectivity index (χ0v) is 42.1. The van der Waals surface area contributed by atoms with Crippen LogP contribution in [0.2, 0.25) is 0 Å². The minimum absolute atomic E-state index is 0.0384. The topological polar surface area (TPSA) is 90.9 Å². The summed E-state index contributed by atoms with van der Waals surface area (Å²) in [7, 11) is 0. The van der Waals surface area contributed by atoms with E-state index in [9.17, 15) is 14.4 Å². The number of benzene rings is 2. The third kappa shape index (κ3) is 23.1. The maximum Gasteiger partial charge on any atom is 0.407 e. The van der Waals surface area contributed by atoms with Gasteiger partial charge in [0, 0.05) is 29.3 Å². The van der Waals surface area contributed by atoms with Crippen molar-refractivity contribution in [3.8, 4) is 11.5 Å². The van der Waals surface area contributed by atoms with E-state index in [-0.39, 0.29) is 25.4 Å². The summed E-state index contributed by atoms with van der Waals surface area (Å²) in [6.07, 6.45) is 29.6. The van der Waals surface area contributed by atoms with Crippen LogP contribution >= 0.6 is 0 Å². The molecule has 0 unspecified atom stereocenters. The van der Waals surface area contributed by atoms with Crippen molar-refractivity contribution in [3.05, 3.63) is 117 Å². The fourth-order valence-electron chi connectivity index (χ4n) is 7.18. The van der Waals surface area contributed by atoms with E-state index in [2.05, 4.69) is 103 Å². The Kier molecular flexibility index (Phi) is 25.5. The smallest absolute Gasteiger partial charge is 0.407 e. The van der Waals surface area contributed by atoms with E-state index in [1.54, 1.807) is 27.7 Å². The molecule has 0 saturated carbocycles. The molecule has 0 aromatic heterocycles. The molecule has 7 nitrogen and oxygen atoms in total. The number of hydrogen-bond acceptors (Lipinski definition) is 6. The van der Waals surface area contributed by atoms with Crippen LogP contribution in [-0.2, 0) is 20.7 Å². The molecule has 7 heteroatoms. The average Bonchev–Trinajstić information content (AvgIpc) is 3.21. The molecule has 1 N–H and O–H groups in total. The third-order valence-electron chi connectivity index (χ3n) is 11.1. The number of esters is 2. The number of ether oxygens (including phenoxy) is 3. The van der Waals surface area contributed by atoms with Crippen LogP contribution in [0.3, 0.4) is 0 Å². The molecular formula is C57H83NO6. The molecule has 1 amide bonds. The fraction of sp³-hybridized carbons (Fsp3) is 0.526. The molecule has 0 heterocycles. The highest BCUT2D eigenvalue weighted by Gasteiger charge is 2.22. The summed E-state index contributed by atoms with van der Waals surface area (Å²) in [5.74, 6) is 0.0996. The summed E-state index contributed by atoms with van der Waals surface area (Å²) in [4.78, 5) is 37.8. The second kappa shape index (κ2) is 29.5. The standard InChI is InChI=1S/C57H83NO6/c1-14-52(59)62-55-49(48(10)54(50-35-15-16-36-51(50)55)63-53(60)39-40-58-56(61)64-57(11,12)13)38-37-47(9)34-22-33-46(8)32-21-31-45(7)30-20-29-44(6)28-19-27-43(5)26-18-25-42(4)24-17-23-41(2)3/h15-16,23,25,27,29,31,33,35-37H,14,17-22,24,26,28,30,32,34,38-40H2,1-13H3,(H,58,61). The summed E-state index contributed by atoms with van der Waals surface area (Å²) in [5, 5.41) is 3.99. The van der Waals surface area contributed by atoms with Gasteiger partial charge in [0.2, 0.25) is 0 Å². The molecule has 0 atom stereocenters. The van der Waals surface area contributed by atoms with Gasteiger partial charge in [-0.15, -0.1) is 0 Å². The number of fused-ring (bicyclic) bond motifs is 1. The van der Waals surface area contributed by atoms with Crippen LogP contribution in [0.4, 0.5) is 4.79 Å². The van der Waals surface area contributed by atoms with E-state index < -0.39 is 17.7 Å². The Labute approximate surface area is 388 Å². The molecule has 0 aliphatic heterocycles. The van der Waals surface area contributed by atoms with Gasteiger partial charge in [0.05, 0.1) is 6.42 Å². The number of nitrogens with one attached hydrogen (secondary N) is 1. The number of rotatable bonds is 26. The molecule has 2 aromatic carbocycles. The predicted molar refractivity (Wildman–Crippen MR) is 270 cm³/mol. The van der Waals surface area contributed by atoms with Gasteiger partial charge in [0.15, 0.2) is 0 Å². The van der Waals surface area contributed by atoms with Gasteiger partial charge in [0.25, 0.3) is 0 Å². The number of hydrogen-bond donors (Lipinski definition) is 1. The van der Waals surface area contributed by atoms with E-state index in [4.69, 9.17) is 14.2 Å². The largest absolute Gasteiger partial charge is 0.444 e. The maximum atomic E-state index is 13.1. The van der Waals surface area contributed by atoms with E-state index in [0.717, 1.165) is 88.2 Å². The molecule has 0 fully saturated rings. The summed E-state index contributed by atoms with van der Waals surface area (Å²) < 4.78 is 17.2. The van der Waals surface area contributed by atoms with Gasteiger partial charge >= 0.3 is 18.0 Å². The van der Waals surface area contributed by atoms with Crippen LogP contribution in [0.25, 0.3) is 10.8 Å². The van der Waals surface area contributed by atoms with Crippen molar-refractivity contribution >= 4 is 28.8 Å². The first kappa shape index (κ1) is 55.2. The molecule has 0 aliphatic rings. The predicted octanol–water partition coefficient (Wildman–Crippen LogP) is 16.2. The molecule has 2 rings (SSSR count).